The van der Waals surface area contributed by atoms with Gasteiger partial charge in [-0.15, -0.1) is 0 Å². The highest BCUT2D eigenvalue weighted by atomic mass is 32.2. The van der Waals surface area contributed by atoms with Gasteiger partial charge in [0.2, 0.25) is 10.0 Å². The molecule has 0 aliphatic heterocycles. The van der Waals surface area contributed by atoms with Crippen LogP contribution in [0.5, 0.6) is 0 Å². The van der Waals surface area contributed by atoms with E-state index < -0.39 is 15.6 Å². The third kappa shape index (κ3) is 4.67. The Balaban J connectivity index is 3.01. The van der Waals surface area contributed by atoms with Crippen molar-refractivity contribution in [2.24, 2.45) is 0 Å². The molecule has 0 aliphatic carbocycles. The molecule has 21 heavy (non-hydrogen) atoms. The minimum atomic E-state index is -3.72. The lowest BCUT2D eigenvalue weighted by Crippen LogP contribution is -2.47. The third-order valence-corrected chi connectivity index (χ3v) is 4.90. The van der Waals surface area contributed by atoms with Crippen LogP contribution in [0.3, 0.4) is 0 Å². The average Bonchev–Trinajstić information content (AvgIpc) is 2.30. The molecule has 0 radical (unpaired) electrons. The molecule has 1 rings (SSSR count). The van der Waals surface area contributed by atoms with Gasteiger partial charge in [-0.05, 0) is 52.1 Å². The Morgan fingerprint density at radius 2 is 1.90 bits per heavy atom. The molecule has 120 valence electrons. The van der Waals surface area contributed by atoms with Gasteiger partial charge in [-0.1, -0.05) is 6.07 Å². The standard InChI is InChI=1S/C14H25N3O3S/c1-10-6-7-12(15)11(2)13(10)21(19,20)16-8-14(3,18)9-17(4)5/h6-7,16,18H,8-9,15H2,1-5H3. The summed E-state index contributed by atoms with van der Waals surface area (Å²) in [4.78, 5) is 1.98. The molecule has 0 spiro atoms. The Bertz CT molecular complexity index is 610. The van der Waals surface area contributed by atoms with Crippen LogP contribution in [0.25, 0.3) is 0 Å². The first kappa shape index (κ1) is 17.9. The van der Waals surface area contributed by atoms with E-state index >= 15 is 0 Å². The van der Waals surface area contributed by atoms with Crippen LogP contribution in [0.4, 0.5) is 5.69 Å². The number of anilines is 1. The summed E-state index contributed by atoms with van der Waals surface area (Å²) >= 11 is 0. The van der Waals surface area contributed by atoms with E-state index in [1.807, 2.05) is 14.1 Å². The lowest BCUT2D eigenvalue weighted by atomic mass is 10.1. The van der Waals surface area contributed by atoms with Gasteiger partial charge < -0.3 is 15.7 Å². The normalized spacial score (nSPS) is 15.2. The highest BCUT2D eigenvalue weighted by molar-refractivity contribution is 7.89. The van der Waals surface area contributed by atoms with E-state index in [1.165, 1.54) is 0 Å². The summed E-state index contributed by atoms with van der Waals surface area (Å²) in [6.45, 7) is 5.27. The van der Waals surface area contributed by atoms with Crippen molar-refractivity contribution in [1.82, 2.24) is 9.62 Å². The van der Waals surface area contributed by atoms with Crippen LogP contribution >= 0.6 is 0 Å². The molecule has 1 unspecified atom stereocenters. The van der Waals surface area contributed by atoms with Crippen LogP contribution in [0.2, 0.25) is 0 Å². The second-order valence-corrected chi connectivity index (χ2v) is 7.69. The van der Waals surface area contributed by atoms with Crippen LogP contribution in [-0.2, 0) is 10.0 Å². The summed E-state index contributed by atoms with van der Waals surface area (Å²) < 4.78 is 27.4. The Morgan fingerprint density at radius 3 is 2.43 bits per heavy atom. The summed E-state index contributed by atoms with van der Waals surface area (Å²) in [5.74, 6) is 0. The summed E-state index contributed by atoms with van der Waals surface area (Å²) in [7, 11) is -0.0923. The van der Waals surface area contributed by atoms with E-state index in [1.54, 1.807) is 37.8 Å². The van der Waals surface area contributed by atoms with E-state index in [4.69, 9.17) is 5.73 Å². The molecule has 1 aromatic rings. The van der Waals surface area contributed by atoms with Gasteiger partial charge in [0.25, 0.3) is 0 Å². The maximum Gasteiger partial charge on any atom is 0.241 e. The minimum Gasteiger partial charge on any atom is -0.398 e. The number of aryl methyl sites for hydroxylation is 1. The summed E-state index contributed by atoms with van der Waals surface area (Å²) in [6.07, 6.45) is 0. The summed E-state index contributed by atoms with van der Waals surface area (Å²) in [6, 6.07) is 3.36. The highest BCUT2D eigenvalue weighted by Gasteiger charge is 2.27. The van der Waals surface area contributed by atoms with Crippen LogP contribution < -0.4 is 10.5 Å². The highest BCUT2D eigenvalue weighted by Crippen LogP contribution is 2.24. The minimum absolute atomic E-state index is 0.0683. The first-order valence-electron chi connectivity index (χ1n) is 6.69. The Hall–Kier alpha value is -1.15. The van der Waals surface area contributed by atoms with Gasteiger partial charge in [-0.3, -0.25) is 0 Å². The predicted octanol–water partition coefficient (Wildman–Crippen LogP) is 0.477. The number of sulfonamides is 1. The van der Waals surface area contributed by atoms with Crippen LogP contribution in [0.15, 0.2) is 17.0 Å². The molecule has 0 fully saturated rings. The smallest absolute Gasteiger partial charge is 0.241 e. The summed E-state index contributed by atoms with van der Waals surface area (Å²) in [5.41, 5.74) is 6.21. The number of benzene rings is 1. The molecule has 0 aliphatic rings. The fourth-order valence-corrected chi connectivity index (χ4v) is 3.97. The zero-order valence-electron chi connectivity index (χ0n) is 13.3. The van der Waals surface area contributed by atoms with Crippen molar-refractivity contribution in [3.05, 3.63) is 23.3 Å². The summed E-state index contributed by atoms with van der Waals surface area (Å²) in [5, 5.41) is 10.2. The molecule has 1 aromatic carbocycles. The number of nitrogens with two attached hydrogens (primary N) is 1. The molecule has 0 saturated heterocycles. The lowest BCUT2D eigenvalue weighted by Gasteiger charge is -2.27. The van der Waals surface area contributed by atoms with Gasteiger partial charge in [0.1, 0.15) is 0 Å². The number of rotatable bonds is 6. The van der Waals surface area contributed by atoms with Crippen molar-refractivity contribution in [2.75, 3.05) is 32.9 Å². The fourth-order valence-electron chi connectivity index (χ4n) is 2.32. The molecular formula is C14H25N3O3S. The molecule has 0 bridgehead atoms. The first-order valence-corrected chi connectivity index (χ1v) is 8.17. The zero-order chi connectivity index (χ0) is 16.4. The van der Waals surface area contributed by atoms with E-state index in [0.717, 1.165) is 0 Å². The van der Waals surface area contributed by atoms with Gasteiger partial charge in [0, 0.05) is 18.8 Å². The molecule has 4 N–H and O–H groups in total. The molecule has 0 aromatic heterocycles. The van der Waals surface area contributed by atoms with E-state index in [-0.39, 0.29) is 11.4 Å². The van der Waals surface area contributed by atoms with Gasteiger partial charge >= 0.3 is 0 Å². The van der Waals surface area contributed by atoms with Crippen molar-refractivity contribution in [1.29, 1.82) is 0 Å². The predicted molar refractivity (Wildman–Crippen MR) is 84.7 cm³/mol. The number of likely N-dealkylation sites (N-methyl/N-ethyl adjacent to an activating group) is 1. The molecule has 0 saturated carbocycles. The third-order valence-electron chi connectivity index (χ3n) is 3.21. The van der Waals surface area contributed by atoms with Crippen molar-refractivity contribution in [2.45, 2.75) is 31.3 Å². The Kier molecular flexibility index (Phi) is 5.38. The quantitative estimate of drug-likeness (QED) is 0.664. The van der Waals surface area contributed by atoms with E-state index in [2.05, 4.69) is 4.72 Å². The topological polar surface area (TPSA) is 95.7 Å². The first-order chi connectivity index (χ1) is 9.46. The number of nitrogens with one attached hydrogen (secondary N) is 1. The van der Waals surface area contributed by atoms with Crippen molar-refractivity contribution < 1.29 is 13.5 Å². The molecule has 6 nitrogen and oxygen atoms in total. The van der Waals surface area contributed by atoms with E-state index in [0.29, 0.717) is 23.4 Å². The number of hydrogen-bond donors (Lipinski definition) is 3. The number of hydrogen-bond acceptors (Lipinski definition) is 5. The van der Waals surface area contributed by atoms with Gasteiger partial charge in [-0.2, -0.15) is 0 Å². The molecular weight excluding hydrogens is 290 g/mol. The van der Waals surface area contributed by atoms with Crippen molar-refractivity contribution >= 4 is 15.7 Å². The largest absolute Gasteiger partial charge is 0.398 e. The maximum atomic E-state index is 12.5. The fraction of sp³-hybridized carbons (Fsp3) is 0.571. The van der Waals surface area contributed by atoms with Crippen LogP contribution in [0.1, 0.15) is 18.1 Å². The van der Waals surface area contributed by atoms with Crippen LogP contribution in [-0.4, -0.2) is 51.2 Å². The molecule has 7 heteroatoms. The molecule has 1 atom stereocenters. The average molecular weight is 315 g/mol. The van der Waals surface area contributed by atoms with Crippen molar-refractivity contribution in [3.63, 3.8) is 0 Å². The number of nitrogens with zero attached hydrogens (tertiary/aromatic N) is 1. The van der Waals surface area contributed by atoms with Gasteiger partial charge in [0.15, 0.2) is 0 Å². The van der Waals surface area contributed by atoms with Crippen molar-refractivity contribution in [3.8, 4) is 0 Å². The second-order valence-electron chi connectivity index (χ2n) is 5.99. The molecule has 0 heterocycles. The zero-order valence-corrected chi connectivity index (χ0v) is 14.1. The Labute approximate surface area is 127 Å². The van der Waals surface area contributed by atoms with Crippen LogP contribution in [0, 0.1) is 13.8 Å². The Morgan fingerprint density at radius 1 is 1.33 bits per heavy atom. The molecule has 0 amide bonds. The lowest BCUT2D eigenvalue weighted by molar-refractivity contribution is 0.0386. The number of aliphatic hydroxyl groups is 1. The van der Waals surface area contributed by atoms with E-state index in [9.17, 15) is 13.5 Å². The SMILES string of the molecule is Cc1ccc(N)c(C)c1S(=O)(=O)NCC(C)(O)CN(C)C. The van der Waals surface area contributed by atoms with Gasteiger partial charge in [-0.25, -0.2) is 13.1 Å². The number of nitrogen functional groups attached to an aromatic ring is 1. The van der Waals surface area contributed by atoms with Gasteiger partial charge in [0.05, 0.1) is 10.5 Å². The second kappa shape index (κ2) is 6.31. The monoisotopic (exact) mass is 315 g/mol. The maximum absolute atomic E-state index is 12.5.